The zero-order valence-corrected chi connectivity index (χ0v) is 16.2. The maximum atomic E-state index is 12.6. The van der Waals surface area contributed by atoms with Crippen LogP contribution in [0.4, 0.5) is 0 Å². The van der Waals surface area contributed by atoms with E-state index >= 15 is 0 Å². The highest BCUT2D eigenvalue weighted by Gasteiger charge is 2.21. The zero-order chi connectivity index (χ0) is 18.6. The van der Waals surface area contributed by atoms with Crippen molar-refractivity contribution in [3.8, 4) is 17.6 Å². The maximum absolute atomic E-state index is 12.6. The normalized spacial score (nSPS) is 11.8. The molecule has 0 saturated heterocycles. The Kier molecular flexibility index (Phi) is 6.11. The molecular weight excluding hydrogens is 430 g/mol. The minimum Gasteiger partial charge on any atom is -0.503 e. The number of benzene rings is 2. The highest BCUT2D eigenvalue weighted by atomic mass is 79.9. The van der Waals surface area contributed by atoms with Crippen LogP contribution in [0.3, 0.4) is 0 Å². The van der Waals surface area contributed by atoms with Gasteiger partial charge in [0.2, 0.25) is 9.84 Å². The summed E-state index contributed by atoms with van der Waals surface area (Å²) < 4.78 is 30.9. The Morgan fingerprint density at radius 1 is 1.36 bits per heavy atom. The summed E-state index contributed by atoms with van der Waals surface area (Å²) in [6.07, 6.45) is 1.22. The van der Waals surface area contributed by atoms with E-state index < -0.39 is 14.7 Å². The summed E-state index contributed by atoms with van der Waals surface area (Å²) in [6.45, 7) is 2.07. The summed E-state index contributed by atoms with van der Waals surface area (Å²) in [7, 11) is -3.99. The Bertz CT molecular complexity index is 963. The second-order valence-electron chi connectivity index (χ2n) is 4.86. The second kappa shape index (κ2) is 7.91. The van der Waals surface area contributed by atoms with Gasteiger partial charge in [0, 0.05) is 5.02 Å². The van der Waals surface area contributed by atoms with Gasteiger partial charge in [-0.2, -0.15) is 5.26 Å². The fourth-order valence-corrected chi connectivity index (χ4v) is 3.75. The van der Waals surface area contributed by atoms with Gasteiger partial charge in [-0.25, -0.2) is 8.42 Å². The third kappa shape index (κ3) is 4.34. The molecule has 0 aliphatic rings. The number of phenols is 1. The molecule has 130 valence electrons. The van der Waals surface area contributed by atoms with Crippen LogP contribution in [0.25, 0.3) is 6.08 Å². The van der Waals surface area contributed by atoms with Crippen LogP contribution in [0.1, 0.15) is 12.5 Å². The summed E-state index contributed by atoms with van der Waals surface area (Å²) in [4.78, 5) is -0.470. The molecule has 0 atom stereocenters. The number of sulfone groups is 1. The van der Waals surface area contributed by atoms with Gasteiger partial charge in [0.25, 0.3) is 0 Å². The second-order valence-corrected chi connectivity index (χ2v) is 8.07. The molecule has 2 rings (SSSR count). The van der Waals surface area contributed by atoms with Crippen LogP contribution in [-0.4, -0.2) is 20.1 Å². The number of nitriles is 1. The number of rotatable bonds is 5. The van der Waals surface area contributed by atoms with E-state index in [4.69, 9.17) is 16.3 Å². The summed E-state index contributed by atoms with van der Waals surface area (Å²) in [5.41, 5.74) is 0.391. The van der Waals surface area contributed by atoms with Crippen LogP contribution in [0.2, 0.25) is 5.02 Å². The number of nitrogens with zero attached hydrogens (tertiary/aromatic N) is 1. The lowest BCUT2D eigenvalue weighted by Gasteiger charge is -2.09. The van der Waals surface area contributed by atoms with E-state index in [9.17, 15) is 18.8 Å². The molecule has 0 heterocycles. The van der Waals surface area contributed by atoms with Crippen molar-refractivity contribution in [3.05, 3.63) is 56.4 Å². The molecule has 5 nitrogen and oxygen atoms in total. The van der Waals surface area contributed by atoms with Crippen molar-refractivity contribution in [2.45, 2.75) is 11.8 Å². The number of aromatic hydroxyl groups is 1. The van der Waals surface area contributed by atoms with E-state index in [1.54, 1.807) is 13.0 Å². The number of allylic oxidation sites excluding steroid dienone is 1. The number of phenolic OH excluding ortho intramolecular Hbond substituents is 1. The predicted molar refractivity (Wildman–Crippen MR) is 99.2 cm³/mol. The summed E-state index contributed by atoms with van der Waals surface area (Å²) >= 11 is 8.94. The van der Waals surface area contributed by atoms with Gasteiger partial charge in [-0.15, -0.1) is 0 Å². The average Bonchev–Trinajstić information content (AvgIpc) is 2.57. The molecule has 0 radical (unpaired) electrons. The van der Waals surface area contributed by atoms with Gasteiger partial charge in [0.1, 0.15) is 11.0 Å². The van der Waals surface area contributed by atoms with E-state index in [1.165, 1.54) is 42.5 Å². The Morgan fingerprint density at radius 3 is 2.56 bits per heavy atom. The first-order valence-electron chi connectivity index (χ1n) is 7.07. The molecule has 0 amide bonds. The van der Waals surface area contributed by atoms with Crippen LogP contribution >= 0.6 is 27.5 Å². The summed E-state index contributed by atoms with van der Waals surface area (Å²) in [5.74, 6) is 0.0855. The molecule has 0 aliphatic carbocycles. The lowest BCUT2D eigenvalue weighted by molar-refractivity contribution is 0.317. The van der Waals surface area contributed by atoms with E-state index in [0.717, 1.165) is 0 Å². The number of ether oxygens (including phenoxy) is 1. The molecule has 8 heteroatoms. The highest BCUT2D eigenvalue weighted by molar-refractivity contribution is 9.10. The average molecular weight is 443 g/mol. The molecule has 0 spiro atoms. The molecule has 0 unspecified atom stereocenters. The fourth-order valence-electron chi connectivity index (χ4n) is 2.00. The minimum absolute atomic E-state index is 0.0347. The molecule has 25 heavy (non-hydrogen) atoms. The molecule has 0 aliphatic heterocycles. The van der Waals surface area contributed by atoms with Crippen LogP contribution in [0.15, 0.2) is 50.7 Å². The summed E-state index contributed by atoms with van der Waals surface area (Å²) in [5, 5.41) is 19.6. The third-order valence-corrected chi connectivity index (χ3v) is 5.71. The van der Waals surface area contributed by atoms with E-state index in [1.807, 2.05) is 0 Å². The minimum atomic E-state index is -3.99. The third-order valence-electron chi connectivity index (χ3n) is 3.17. The highest BCUT2D eigenvalue weighted by Crippen LogP contribution is 2.36. The molecule has 0 aromatic heterocycles. The molecule has 0 fully saturated rings. The smallest absolute Gasteiger partial charge is 0.216 e. The van der Waals surface area contributed by atoms with Crippen molar-refractivity contribution >= 4 is 43.4 Å². The van der Waals surface area contributed by atoms with E-state index in [0.29, 0.717) is 21.7 Å². The largest absolute Gasteiger partial charge is 0.503 e. The Labute approximate surface area is 159 Å². The van der Waals surface area contributed by atoms with Crippen LogP contribution in [0.5, 0.6) is 11.5 Å². The number of halogens is 2. The monoisotopic (exact) mass is 441 g/mol. The first-order valence-corrected chi connectivity index (χ1v) is 9.72. The zero-order valence-electron chi connectivity index (χ0n) is 13.0. The number of hydrogen-bond acceptors (Lipinski definition) is 5. The Morgan fingerprint density at radius 2 is 2.00 bits per heavy atom. The van der Waals surface area contributed by atoms with Gasteiger partial charge in [-0.1, -0.05) is 11.6 Å². The Balaban J connectivity index is 2.54. The maximum Gasteiger partial charge on any atom is 0.216 e. The topological polar surface area (TPSA) is 87.4 Å². The van der Waals surface area contributed by atoms with Crippen molar-refractivity contribution < 1.29 is 18.3 Å². The van der Waals surface area contributed by atoms with Gasteiger partial charge in [-0.3, -0.25) is 0 Å². The molecule has 2 aromatic carbocycles. The van der Waals surface area contributed by atoms with Crippen molar-refractivity contribution in [3.63, 3.8) is 0 Å². The van der Waals surface area contributed by atoms with Crippen LogP contribution in [-0.2, 0) is 9.84 Å². The van der Waals surface area contributed by atoms with Gasteiger partial charge in [-0.05, 0) is 70.9 Å². The van der Waals surface area contributed by atoms with Gasteiger partial charge in [0.05, 0.1) is 16.0 Å². The first kappa shape index (κ1) is 19.3. The summed E-state index contributed by atoms with van der Waals surface area (Å²) in [6, 6.07) is 10.2. The van der Waals surface area contributed by atoms with E-state index in [-0.39, 0.29) is 16.4 Å². The SMILES string of the molecule is CCOc1cc(/C=C(\C#N)S(=O)(=O)c2ccc(Cl)cc2)cc(Br)c1O. The Hall–Kier alpha value is -2.01. The van der Waals surface area contributed by atoms with Gasteiger partial charge in [0.15, 0.2) is 11.5 Å². The quantitative estimate of drug-likeness (QED) is 0.687. The fraction of sp³-hybridized carbons (Fsp3) is 0.118. The lowest BCUT2D eigenvalue weighted by Crippen LogP contribution is -2.03. The first-order chi connectivity index (χ1) is 11.8. The molecule has 2 aromatic rings. The molecule has 1 N–H and O–H groups in total. The van der Waals surface area contributed by atoms with Gasteiger partial charge >= 0.3 is 0 Å². The van der Waals surface area contributed by atoms with Crippen molar-refractivity contribution in [2.24, 2.45) is 0 Å². The molecular formula is C17H13BrClNO4S. The molecule has 0 bridgehead atoms. The molecule has 0 saturated carbocycles. The van der Waals surface area contributed by atoms with Crippen LogP contribution < -0.4 is 4.74 Å². The van der Waals surface area contributed by atoms with Crippen molar-refractivity contribution in [2.75, 3.05) is 6.61 Å². The van der Waals surface area contributed by atoms with Crippen LogP contribution in [0, 0.1) is 11.3 Å². The predicted octanol–water partition coefficient (Wildman–Crippen LogP) is 4.55. The lowest BCUT2D eigenvalue weighted by atomic mass is 10.2. The van der Waals surface area contributed by atoms with E-state index in [2.05, 4.69) is 15.9 Å². The number of hydrogen-bond donors (Lipinski definition) is 1. The standard InChI is InChI=1S/C17H13BrClNO4S/c1-2-24-16-9-11(8-15(18)17(16)21)7-14(10-20)25(22,23)13-5-3-12(19)4-6-13/h3-9,21H,2H2,1H3/b14-7+. The van der Waals surface area contributed by atoms with Gasteiger partial charge < -0.3 is 9.84 Å². The van der Waals surface area contributed by atoms with Crippen molar-refractivity contribution in [1.82, 2.24) is 0 Å². The van der Waals surface area contributed by atoms with Crippen molar-refractivity contribution in [1.29, 1.82) is 5.26 Å².